The molecule has 2 aromatic carbocycles. The van der Waals surface area contributed by atoms with E-state index in [1.807, 2.05) is 24.3 Å². The first-order chi connectivity index (χ1) is 13.2. The molecule has 2 N–H and O–H groups in total. The molecular weight excluding hydrogens is 360 g/mol. The van der Waals surface area contributed by atoms with Gasteiger partial charge in [-0.2, -0.15) is 5.10 Å². The number of aromatic nitrogens is 2. The average molecular weight is 378 g/mol. The van der Waals surface area contributed by atoms with Gasteiger partial charge in [-0.05, 0) is 31.0 Å². The normalized spacial score (nSPS) is 13.3. The molecule has 0 aliphatic heterocycles. The second-order valence-corrected chi connectivity index (χ2v) is 7.37. The van der Waals surface area contributed by atoms with Gasteiger partial charge in [-0.1, -0.05) is 42.1 Å². The van der Waals surface area contributed by atoms with Crippen LogP contribution >= 0.6 is 11.8 Å². The molecule has 136 valence electrons. The second-order valence-electron chi connectivity index (χ2n) is 6.40. The van der Waals surface area contributed by atoms with Gasteiger partial charge in [-0.15, -0.1) is 5.10 Å². The number of amides is 2. The fraction of sp³-hybridized carbons (Fsp3) is 0.200. The van der Waals surface area contributed by atoms with Gasteiger partial charge >= 0.3 is 0 Å². The molecule has 1 aliphatic carbocycles. The SMILES string of the molecule is O=C(CSc1nncc2ccccc12)Nc1cccc(C(=O)NC2CC2)c1. The van der Waals surface area contributed by atoms with Crippen molar-refractivity contribution in [3.05, 3.63) is 60.3 Å². The first-order valence-electron chi connectivity index (χ1n) is 8.73. The van der Waals surface area contributed by atoms with Crippen molar-refractivity contribution in [3.63, 3.8) is 0 Å². The van der Waals surface area contributed by atoms with E-state index in [9.17, 15) is 9.59 Å². The van der Waals surface area contributed by atoms with Crippen LogP contribution in [0.25, 0.3) is 10.8 Å². The third kappa shape index (κ3) is 4.43. The Morgan fingerprint density at radius 1 is 1.11 bits per heavy atom. The molecule has 0 unspecified atom stereocenters. The van der Waals surface area contributed by atoms with Gasteiger partial charge < -0.3 is 10.6 Å². The maximum absolute atomic E-state index is 12.3. The molecule has 27 heavy (non-hydrogen) atoms. The average Bonchev–Trinajstić information content (AvgIpc) is 3.50. The van der Waals surface area contributed by atoms with Crippen molar-refractivity contribution in [3.8, 4) is 0 Å². The van der Waals surface area contributed by atoms with Crippen molar-refractivity contribution >= 4 is 40.0 Å². The number of anilines is 1. The molecule has 2 amide bonds. The van der Waals surface area contributed by atoms with Crippen LogP contribution in [-0.2, 0) is 4.79 Å². The summed E-state index contributed by atoms with van der Waals surface area (Å²) < 4.78 is 0. The van der Waals surface area contributed by atoms with Crippen molar-refractivity contribution in [2.45, 2.75) is 23.9 Å². The Hall–Kier alpha value is -2.93. The number of carbonyl (C=O) groups excluding carboxylic acids is 2. The lowest BCUT2D eigenvalue weighted by atomic mass is 10.2. The Morgan fingerprint density at radius 2 is 1.96 bits per heavy atom. The monoisotopic (exact) mass is 378 g/mol. The molecule has 1 aromatic heterocycles. The molecule has 1 heterocycles. The highest BCUT2D eigenvalue weighted by molar-refractivity contribution is 8.00. The molecule has 1 fully saturated rings. The zero-order valence-electron chi connectivity index (χ0n) is 14.5. The second kappa shape index (κ2) is 7.75. The van der Waals surface area contributed by atoms with Crippen LogP contribution in [0.15, 0.2) is 59.8 Å². The third-order valence-corrected chi connectivity index (χ3v) is 5.18. The maximum atomic E-state index is 12.3. The van der Waals surface area contributed by atoms with Crippen LogP contribution in [-0.4, -0.2) is 33.8 Å². The Kier molecular flexibility index (Phi) is 5.02. The van der Waals surface area contributed by atoms with Gasteiger partial charge in [-0.25, -0.2) is 0 Å². The number of carbonyl (C=O) groups is 2. The van der Waals surface area contributed by atoms with Gasteiger partial charge in [0, 0.05) is 28.1 Å². The van der Waals surface area contributed by atoms with Crippen LogP contribution in [0.4, 0.5) is 5.69 Å². The number of rotatable bonds is 6. The number of nitrogens with one attached hydrogen (secondary N) is 2. The summed E-state index contributed by atoms with van der Waals surface area (Å²) in [4.78, 5) is 24.4. The van der Waals surface area contributed by atoms with Crippen molar-refractivity contribution < 1.29 is 9.59 Å². The molecule has 1 aliphatic rings. The van der Waals surface area contributed by atoms with E-state index in [-0.39, 0.29) is 17.6 Å². The van der Waals surface area contributed by atoms with Gasteiger partial charge in [0.05, 0.1) is 11.9 Å². The van der Waals surface area contributed by atoms with E-state index in [1.165, 1.54) is 11.8 Å². The molecular formula is C20H18N4O2S. The molecule has 0 bridgehead atoms. The summed E-state index contributed by atoms with van der Waals surface area (Å²) >= 11 is 1.34. The van der Waals surface area contributed by atoms with Crippen LogP contribution in [0.2, 0.25) is 0 Å². The van der Waals surface area contributed by atoms with Gasteiger partial charge in [-0.3, -0.25) is 9.59 Å². The van der Waals surface area contributed by atoms with Gasteiger partial charge in [0.1, 0.15) is 5.03 Å². The summed E-state index contributed by atoms with van der Waals surface area (Å²) in [5.41, 5.74) is 1.15. The van der Waals surface area contributed by atoms with Crippen LogP contribution in [0.3, 0.4) is 0 Å². The molecule has 6 nitrogen and oxygen atoms in total. The number of nitrogens with zero attached hydrogens (tertiary/aromatic N) is 2. The molecule has 0 atom stereocenters. The maximum Gasteiger partial charge on any atom is 0.251 e. The van der Waals surface area contributed by atoms with Crippen LogP contribution in [0.1, 0.15) is 23.2 Å². The van der Waals surface area contributed by atoms with Crippen molar-refractivity contribution in [1.29, 1.82) is 0 Å². The standard InChI is InChI=1S/C20H18N4O2S/c25-18(12-27-20-17-7-2-1-4-14(17)11-21-24-20)22-16-6-3-5-13(10-16)19(26)23-15-8-9-15/h1-7,10-11,15H,8-9,12H2,(H,22,25)(H,23,26). The van der Waals surface area contributed by atoms with Crippen LogP contribution in [0, 0.1) is 0 Å². The minimum atomic E-state index is -0.158. The zero-order chi connectivity index (χ0) is 18.6. The zero-order valence-corrected chi connectivity index (χ0v) is 15.3. The fourth-order valence-electron chi connectivity index (χ4n) is 2.67. The summed E-state index contributed by atoms with van der Waals surface area (Å²) in [6.07, 6.45) is 3.78. The molecule has 1 saturated carbocycles. The number of thioether (sulfide) groups is 1. The Labute approximate surface area is 160 Å². The molecule has 0 radical (unpaired) electrons. The lowest BCUT2D eigenvalue weighted by molar-refractivity contribution is -0.113. The fourth-order valence-corrected chi connectivity index (χ4v) is 3.46. The van der Waals surface area contributed by atoms with E-state index in [0.717, 1.165) is 28.6 Å². The summed E-state index contributed by atoms with van der Waals surface area (Å²) in [6.45, 7) is 0. The number of hydrogen-bond acceptors (Lipinski definition) is 5. The van der Waals surface area contributed by atoms with E-state index in [0.29, 0.717) is 17.3 Å². The van der Waals surface area contributed by atoms with Gasteiger partial charge in [0.2, 0.25) is 5.91 Å². The molecule has 3 aromatic rings. The van der Waals surface area contributed by atoms with E-state index in [1.54, 1.807) is 30.5 Å². The number of hydrogen-bond donors (Lipinski definition) is 2. The Bertz CT molecular complexity index is 999. The minimum absolute atomic E-state index is 0.103. The predicted octanol–water partition coefficient (Wildman–Crippen LogP) is 3.25. The smallest absolute Gasteiger partial charge is 0.251 e. The highest BCUT2D eigenvalue weighted by atomic mass is 32.2. The van der Waals surface area contributed by atoms with E-state index in [4.69, 9.17) is 0 Å². The molecule has 0 saturated heterocycles. The lowest BCUT2D eigenvalue weighted by Crippen LogP contribution is -2.25. The van der Waals surface area contributed by atoms with Crippen molar-refractivity contribution in [1.82, 2.24) is 15.5 Å². The van der Waals surface area contributed by atoms with E-state index in [2.05, 4.69) is 20.8 Å². The van der Waals surface area contributed by atoms with Crippen molar-refractivity contribution in [2.75, 3.05) is 11.1 Å². The first kappa shape index (κ1) is 17.5. The highest BCUT2D eigenvalue weighted by Crippen LogP contribution is 2.25. The molecule has 4 rings (SSSR count). The topological polar surface area (TPSA) is 84.0 Å². The van der Waals surface area contributed by atoms with E-state index >= 15 is 0 Å². The van der Waals surface area contributed by atoms with Crippen LogP contribution < -0.4 is 10.6 Å². The lowest BCUT2D eigenvalue weighted by Gasteiger charge is -2.08. The summed E-state index contributed by atoms with van der Waals surface area (Å²) in [6, 6.07) is 15.1. The van der Waals surface area contributed by atoms with Crippen LogP contribution in [0.5, 0.6) is 0 Å². The van der Waals surface area contributed by atoms with Crippen molar-refractivity contribution in [2.24, 2.45) is 0 Å². The summed E-state index contributed by atoms with van der Waals surface area (Å²) in [5.74, 6) is -0.0511. The van der Waals surface area contributed by atoms with Gasteiger partial charge in [0.25, 0.3) is 5.91 Å². The largest absolute Gasteiger partial charge is 0.349 e. The molecule has 0 spiro atoms. The quantitative estimate of drug-likeness (QED) is 0.643. The highest BCUT2D eigenvalue weighted by Gasteiger charge is 2.23. The Balaban J connectivity index is 1.38. The predicted molar refractivity (Wildman–Crippen MR) is 106 cm³/mol. The summed E-state index contributed by atoms with van der Waals surface area (Å²) in [5, 5.41) is 16.6. The Morgan fingerprint density at radius 3 is 2.81 bits per heavy atom. The number of benzene rings is 2. The molecule has 7 heteroatoms. The first-order valence-corrected chi connectivity index (χ1v) is 9.71. The number of fused-ring (bicyclic) bond motifs is 1. The third-order valence-electron chi connectivity index (χ3n) is 4.20. The summed E-state index contributed by atoms with van der Waals surface area (Å²) in [7, 11) is 0. The minimum Gasteiger partial charge on any atom is -0.349 e. The van der Waals surface area contributed by atoms with Gasteiger partial charge in [0.15, 0.2) is 0 Å². The van der Waals surface area contributed by atoms with E-state index < -0.39 is 0 Å².